The molecule has 0 heterocycles. The molecular weight excluding hydrogens is 286 g/mol. The molecule has 0 bridgehead atoms. The average Bonchev–Trinajstić information content (AvgIpc) is 2.37. The standard InChI is InChI=1S/C11H9F4NO4/c1-19-9(17)7-4-6(12)2-3-8(7)16-10(18)20-5-11(13,14)15/h2-4H,5H2,1H3,(H,16,18). The van der Waals surface area contributed by atoms with Crippen molar-refractivity contribution in [3.05, 3.63) is 29.6 Å². The first-order chi connectivity index (χ1) is 9.23. The Morgan fingerprint density at radius 3 is 2.50 bits per heavy atom. The van der Waals surface area contributed by atoms with Crippen molar-refractivity contribution >= 4 is 17.7 Å². The van der Waals surface area contributed by atoms with Crippen molar-refractivity contribution in [2.75, 3.05) is 19.0 Å². The summed E-state index contributed by atoms with van der Waals surface area (Å²) >= 11 is 0. The molecule has 0 unspecified atom stereocenters. The van der Waals surface area contributed by atoms with E-state index in [0.29, 0.717) is 0 Å². The number of hydrogen-bond acceptors (Lipinski definition) is 4. The highest BCUT2D eigenvalue weighted by Crippen LogP contribution is 2.19. The van der Waals surface area contributed by atoms with Crippen LogP contribution in [-0.2, 0) is 9.47 Å². The SMILES string of the molecule is COC(=O)c1cc(F)ccc1NC(=O)OCC(F)(F)F. The smallest absolute Gasteiger partial charge is 0.422 e. The molecule has 0 saturated carbocycles. The number of alkyl halides is 3. The Kier molecular flexibility index (Phi) is 4.89. The number of methoxy groups -OCH3 is 1. The number of halogens is 4. The molecule has 5 nitrogen and oxygen atoms in total. The molecule has 20 heavy (non-hydrogen) atoms. The lowest BCUT2D eigenvalue weighted by Crippen LogP contribution is -2.24. The zero-order valence-electron chi connectivity index (χ0n) is 10.1. The van der Waals surface area contributed by atoms with Crippen LogP contribution < -0.4 is 5.32 Å². The van der Waals surface area contributed by atoms with Crippen LogP contribution in [0.4, 0.5) is 28.0 Å². The van der Waals surface area contributed by atoms with Gasteiger partial charge in [-0.05, 0) is 18.2 Å². The van der Waals surface area contributed by atoms with Gasteiger partial charge in [-0.3, -0.25) is 5.32 Å². The van der Waals surface area contributed by atoms with Crippen LogP contribution in [-0.4, -0.2) is 32.0 Å². The van der Waals surface area contributed by atoms with E-state index in [1.54, 1.807) is 0 Å². The number of benzene rings is 1. The molecule has 1 amide bonds. The van der Waals surface area contributed by atoms with Crippen LogP contribution in [0, 0.1) is 5.82 Å². The fourth-order valence-electron chi connectivity index (χ4n) is 1.20. The Labute approximate surface area is 110 Å². The van der Waals surface area contributed by atoms with E-state index < -0.39 is 30.7 Å². The number of amides is 1. The van der Waals surface area contributed by atoms with E-state index in [0.717, 1.165) is 25.3 Å². The third kappa shape index (κ3) is 4.75. The Morgan fingerprint density at radius 1 is 1.30 bits per heavy atom. The molecule has 0 radical (unpaired) electrons. The minimum Gasteiger partial charge on any atom is -0.465 e. The highest BCUT2D eigenvalue weighted by atomic mass is 19.4. The zero-order valence-corrected chi connectivity index (χ0v) is 10.1. The quantitative estimate of drug-likeness (QED) is 0.688. The number of rotatable bonds is 3. The second-order valence-corrected chi connectivity index (χ2v) is 3.50. The van der Waals surface area contributed by atoms with E-state index in [9.17, 15) is 27.2 Å². The van der Waals surface area contributed by atoms with Crippen molar-refractivity contribution in [1.82, 2.24) is 0 Å². The van der Waals surface area contributed by atoms with Crippen LogP contribution in [0.25, 0.3) is 0 Å². The second-order valence-electron chi connectivity index (χ2n) is 3.50. The summed E-state index contributed by atoms with van der Waals surface area (Å²) in [6.07, 6.45) is -6.11. The minimum absolute atomic E-state index is 0.231. The number of nitrogens with one attached hydrogen (secondary N) is 1. The minimum atomic E-state index is -4.68. The van der Waals surface area contributed by atoms with Crippen LogP contribution in [0.2, 0.25) is 0 Å². The largest absolute Gasteiger partial charge is 0.465 e. The van der Waals surface area contributed by atoms with Gasteiger partial charge in [0.2, 0.25) is 0 Å². The van der Waals surface area contributed by atoms with Gasteiger partial charge in [-0.15, -0.1) is 0 Å². The Balaban J connectivity index is 2.82. The Bertz CT molecular complexity index is 516. The lowest BCUT2D eigenvalue weighted by Gasteiger charge is -2.11. The first kappa shape index (κ1) is 15.7. The van der Waals surface area contributed by atoms with Crippen molar-refractivity contribution in [3.63, 3.8) is 0 Å². The van der Waals surface area contributed by atoms with Crippen LogP contribution in [0.5, 0.6) is 0 Å². The number of esters is 1. The van der Waals surface area contributed by atoms with Gasteiger partial charge >= 0.3 is 18.2 Å². The molecule has 0 aliphatic heterocycles. The number of hydrogen-bond donors (Lipinski definition) is 1. The summed E-state index contributed by atoms with van der Waals surface area (Å²) in [6.45, 7) is -1.78. The number of carbonyl (C=O) groups excluding carboxylic acids is 2. The van der Waals surface area contributed by atoms with Crippen LogP contribution in [0.3, 0.4) is 0 Å². The summed E-state index contributed by atoms with van der Waals surface area (Å²) in [5, 5.41) is 1.90. The third-order valence-corrected chi connectivity index (χ3v) is 1.99. The van der Waals surface area contributed by atoms with E-state index in [1.165, 1.54) is 0 Å². The van der Waals surface area contributed by atoms with Crippen LogP contribution >= 0.6 is 0 Å². The zero-order chi connectivity index (χ0) is 15.3. The van der Waals surface area contributed by atoms with Crippen molar-refractivity contribution in [1.29, 1.82) is 0 Å². The van der Waals surface area contributed by atoms with E-state index in [1.807, 2.05) is 5.32 Å². The fourth-order valence-corrected chi connectivity index (χ4v) is 1.20. The highest BCUT2D eigenvalue weighted by Gasteiger charge is 2.29. The molecule has 0 aromatic heterocycles. The summed E-state index contributed by atoms with van der Waals surface area (Å²) in [6, 6.07) is 2.67. The predicted molar refractivity (Wildman–Crippen MR) is 58.8 cm³/mol. The van der Waals surface area contributed by atoms with Gasteiger partial charge in [-0.1, -0.05) is 0 Å². The molecule has 1 rings (SSSR count). The molecule has 110 valence electrons. The maximum atomic E-state index is 13.0. The number of anilines is 1. The van der Waals surface area contributed by atoms with Crippen molar-refractivity contribution < 1.29 is 36.6 Å². The highest BCUT2D eigenvalue weighted by molar-refractivity contribution is 5.99. The van der Waals surface area contributed by atoms with E-state index >= 15 is 0 Å². The molecule has 0 aliphatic rings. The Hall–Kier alpha value is -2.32. The van der Waals surface area contributed by atoms with Crippen molar-refractivity contribution in [2.24, 2.45) is 0 Å². The summed E-state index contributed by atoms with van der Waals surface area (Å²) in [5.41, 5.74) is -0.582. The van der Waals surface area contributed by atoms with Gasteiger partial charge in [0.15, 0.2) is 6.61 Å². The molecule has 0 aliphatic carbocycles. The molecule has 0 saturated heterocycles. The summed E-state index contributed by atoms with van der Waals surface area (Å²) in [4.78, 5) is 22.5. The number of ether oxygens (including phenoxy) is 2. The van der Waals surface area contributed by atoms with E-state index in [-0.39, 0.29) is 11.3 Å². The van der Waals surface area contributed by atoms with Crippen LogP contribution in [0.1, 0.15) is 10.4 Å². The van der Waals surface area contributed by atoms with Gasteiger partial charge in [-0.25, -0.2) is 14.0 Å². The summed E-state index contributed by atoms with van der Waals surface area (Å²) in [5.74, 6) is -1.74. The van der Waals surface area contributed by atoms with Crippen molar-refractivity contribution in [3.8, 4) is 0 Å². The Morgan fingerprint density at radius 2 is 1.95 bits per heavy atom. The molecule has 0 atom stereocenters. The van der Waals surface area contributed by atoms with Gasteiger partial charge in [0.05, 0.1) is 18.4 Å². The van der Waals surface area contributed by atoms with Crippen LogP contribution in [0.15, 0.2) is 18.2 Å². The molecule has 1 aromatic carbocycles. The molecule has 0 spiro atoms. The van der Waals surface area contributed by atoms with E-state index in [2.05, 4.69) is 9.47 Å². The second kappa shape index (κ2) is 6.22. The molecular formula is C11H9F4NO4. The average molecular weight is 295 g/mol. The van der Waals surface area contributed by atoms with Gasteiger partial charge < -0.3 is 9.47 Å². The van der Waals surface area contributed by atoms with Crippen molar-refractivity contribution in [2.45, 2.75) is 6.18 Å². The molecule has 9 heteroatoms. The lowest BCUT2D eigenvalue weighted by molar-refractivity contribution is -0.159. The third-order valence-electron chi connectivity index (χ3n) is 1.99. The van der Waals surface area contributed by atoms with Gasteiger partial charge in [0, 0.05) is 0 Å². The first-order valence-electron chi connectivity index (χ1n) is 5.11. The summed E-state index contributed by atoms with van der Waals surface area (Å²) < 4.78 is 56.7. The monoisotopic (exact) mass is 295 g/mol. The maximum absolute atomic E-state index is 13.0. The normalized spacial score (nSPS) is 10.8. The summed E-state index contributed by atoms with van der Waals surface area (Å²) in [7, 11) is 1.03. The predicted octanol–water partition coefficient (Wildman–Crippen LogP) is 2.72. The van der Waals surface area contributed by atoms with Gasteiger partial charge in [0.25, 0.3) is 0 Å². The lowest BCUT2D eigenvalue weighted by atomic mass is 10.1. The van der Waals surface area contributed by atoms with E-state index in [4.69, 9.17) is 0 Å². The van der Waals surface area contributed by atoms with Gasteiger partial charge in [-0.2, -0.15) is 13.2 Å². The fraction of sp³-hybridized carbons (Fsp3) is 0.273. The molecule has 1 N–H and O–H groups in total. The van der Waals surface area contributed by atoms with Gasteiger partial charge in [0.1, 0.15) is 5.82 Å². The topological polar surface area (TPSA) is 64.6 Å². The maximum Gasteiger partial charge on any atom is 0.422 e. The number of carbonyl (C=O) groups is 2. The molecule has 0 fully saturated rings. The molecule has 1 aromatic rings. The first-order valence-corrected chi connectivity index (χ1v) is 5.11.